The van der Waals surface area contributed by atoms with Crippen LogP contribution >= 0.6 is 0 Å². The van der Waals surface area contributed by atoms with Crippen molar-refractivity contribution in [2.45, 2.75) is 26.6 Å². The van der Waals surface area contributed by atoms with Crippen LogP contribution in [0.2, 0.25) is 0 Å². The van der Waals surface area contributed by atoms with E-state index >= 15 is 0 Å². The highest BCUT2D eigenvalue weighted by molar-refractivity contribution is 5.74. The van der Waals surface area contributed by atoms with Crippen molar-refractivity contribution in [3.63, 3.8) is 0 Å². The molecule has 0 aromatic heterocycles. The van der Waals surface area contributed by atoms with Gasteiger partial charge in [0.05, 0.1) is 13.7 Å². The lowest BCUT2D eigenvalue weighted by Crippen LogP contribution is -2.30. The molecule has 0 spiro atoms. The quantitative estimate of drug-likeness (QED) is 0.762. The molecule has 0 N–H and O–H groups in total. The first kappa shape index (κ1) is 14.6. The molecule has 0 fully saturated rings. The summed E-state index contributed by atoms with van der Waals surface area (Å²) in [6, 6.07) is 3.56. The van der Waals surface area contributed by atoms with Crippen molar-refractivity contribution in [1.29, 1.82) is 0 Å². The molecule has 0 radical (unpaired) electrons. The minimum Gasteiger partial charge on any atom is -0.467 e. The molecule has 0 amide bonds. The van der Waals surface area contributed by atoms with Crippen molar-refractivity contribution in [2.24, 2.45) is 5.92 Å². The van der Waals surface area contributed by atoms with Gasteiger partial charge in [0.1, 0.15) is 11.6 Å². The highest BCUT2D eigenvalue weighted by Crippen LogP contribution is 2.16. The van der Waals surface area contributed by atoms with Gasteiger partial charge >= 0.3 is 5.97 Å². The summed E-state index contributed by atoms with van der Waals surface area (Å²) in [4.78, 5) is 11.4. The summed E-state index contributed by atoms with van der Waals surface area (Å²) in [6.45, 7) is 3.22. The van der Waals surface area contributed by atoms with Crippen molar-refractivity contribution in [3.05, 3.63) is 35.4 Å². The van der Waals surface area contributed by atoms with E-state index in [1.165, 1.54) is 13.2 Å². The Morgan fingerprint density at radius 1 is 1.28 bits per heavy atom. The fourth-order valence-electron chi connectivity index (χ4n) is 1.49. The van der Waals surface area contributed by atoms with Gasteiger partial charge in [-0.3, -0.25) is 0 Å². The Balaban J connectivity index is 2.76. The lowest BCUT2D eigenvalue weighted by Gasteiger charge is -2.19. The summed E-state index contributed by atoms with van der Waals surface area (Å²) >= 11 is 0. The molecule has 0 heterocycles. The van der Waals surface area contributed by atoms with E-state index in [-0.39, 0.29) is 18.1 Å². The van der Waals surface area contributed by atoms with Crippen LogP contribution in [-0.2, 0) is 20.9 Å². The summed E-state index contributed by atoms with van der Waals surface area (Å²) in [5.74, 6) is -2.08. The van der Waals surface area contributed by atoms with Crippen molar-refractivity contribution >= 4 is 5.97 Å². The molecule has 0 unspecified atom stereocenters. The topological polar surface area (TPSA) is 35.5 Å². The van der Waals surface area contributed by atoms with Crippen LogP contribution in [0.1, 0.15) is 19.4 Å². The summed E-state index contributed by atoms with van der Waals surface area (Å²) in [5.41, 5.74) is -0.188. The molecular weight excluding hydrogens is 242 g/mol. The Kier molecular flexibility index (Phi) is 5.22. The highest BCUT2D eigenvalue weighted by Gasteiger charge is 2.24. The molecule has 1 aromatic rings. The van der Waals surface area contributed by atoms with Crippen LogP contribution in [-0.4, -0.2) is 19.2 Å². The molecule has 0 aliphatic rings. The lowest BCUT2D eigenvalue weighted by molar-refractivity contribution is -0.158. The van der Waals surface area contributed by atoms with Crippen molar-refractivity contribution in [2.75, 3.05) is 7.11 Å². The smallest absolute Gasteiger partial charge is 0.335 e. The number of hydrogen-bond acceptors (Lipinski definition) is 3. The second-order valence-electron chi connectivity index (χ2n) is 4.20. The van der Waals surface area contributed by atoms with Crippen LogP contribution in [0.15, 0.2) is 18.2 Å². The molecule has 0 saturated carbocycles. The molecule has 3 nitrogen and oxygen atoms in total. The van der Waals surface area contributed by atoms with E-state index in [1.807, 2.05) is 0 Å². The third-order valence-corrected chi connectivity index (χ3v) is 2.51. The number of rotatable bonds is 5. The maximum absolute atomic E-state index is 13.3. The molecule has 1 atom stereocenters. The van der Waals surface area contributed by atoms with Crippen LogP contribution in [0.3, 0.4) is 0 Å². The standard InChI is InChI=1S/C13H16F2O3/c1-8(2)12(13(16)17-3)18-7-9-10(14)5-4-6-11(9)15/h4-6,8,12H,7H2,1-3H3/t12-/m0/s1. The fraction of sp³-hybridized carbons (Fsp3) is 0.462. The van der Waals surface area contributed by atoms with Gasteiger partial charge in [0.15, 0.2) is 6.10 Å². The van der Waals surface area contributed by atoms with Crippen molar-refractivity contribution in [3.8, 4) is 0 Å². The van der Waals surface area contributed by atoms with Crippen LogP contribution in [0, 0.1) is 17.6 Å². The van der Waals surface area contributed by atoms with E-state index in [1.54, 1.807) is 13.8 Å². The van der Waals surface area contributed by atoms with Gasteiger partial charge in [-0.2, -0.15) is 0 Å². The number of benzene rings is 1. The zero-order valence-electron chi connectivity index (χ0n) is 10.6. The molecule has 1 rings (SSSR count). The molecule has 0 saturated heterocycles. The van der Waals surface area contributed by atoms with E-state index in [0.717, 1.165) is 12.1 Å². The highest BCUT2D eigenvalue weighted by atomic mass is 19.1. The maximum atomic E-state index is 13.3. The van der Waals surface area contributed by atoms with Gasteiger partial charge in [-0.05, 0) is 18.1 Å². The number of carbonyl (C=O) groups excluding carboxylic acids is 1. The Morgan fingerprint density at radius 3 is 2.28 bits per heavy atom. The Hall–Kier alpha value is -1.49. The first-order valence-electron chi connectivity index (χ1n) is 5.59. The van der Waals surface area contributed by atoms with Crippen LogP contribution in [0.25, 0.3) is 0 Å². The van der Waals surface area contributed by atoms with E-state index in [4.69, 9.17) is 4.74 Å². The van der Waals surface area contributed by atoms with E-state index in [0.29, 0.717) is 0 Å². The van der Waals surface area contributed by atoms with E-state index < -0.39 is 23.7 Å². The second-order valence-corrected chi connectivity index (χ2v) is 4.20. The summed E-state index contributed by atoms with van der Waals surface area (Å²) in [5, 5.41) is 0. The molecule has 0 aliphatic carbocycles. The number of halogens is 2. The minimum absolute atomic E-state index is 0.146. The number of hydrogen-bond donors (Lipinski definition) is 0. The zero-order chi connectivity index (χ0) is 13.7. The van der Waals surface area contributed by atoms with Crippen molar-refractivity contribution in [1.82, 2.24) is 0 Å². The van der Waals surface area contributed by atoms with E-state index in [2.05, 4.69) is 4.74 Å². The SMILES string of the molecule is COC(=O)[C@@H](OCc1c(F)cccc1F)C(C)C. The van der Waals surface area contributed by atoms with Gasteiger partial charge in [0.25, 0.3) is 0 Å². The Labute approximate surface area is 105 Å². The first-order valence-corrected chi connectivity index (χ1v) is 5.59. The lowest BCUT2D eigenvalue weighted by atomic mass is 10.1. The van der Waals surface area contributed by atoms with Crippen molar-refractivity contribution < 1.29 is 23.0 Å². The molecule has 1 aromatic carbocycles. The molecular formula is C13H16F2O3. The number of esters is 1. The summed E-state index contributed by atoms with van der Waals surface area (Å²) in [7, 11) is 1.24. The summed E-state index contributed by atoms with van der Waals surface area (Å²) in [6.07, 6.45) is -0.839. The summed E-state index contributed by atoms with van der Waals surface area (Å²) < 4.78 is 36.5. The Morgan fingerprint density at radius 2 is 1.83 bits per heavy atom. The zero-order valence-corrected chi connectivity index (χ0v) is 10.6. The normalized spacial score (nSPS) is 12.6. The van der Waals surface area contributed by atoms with Gasteiger partial charge in [-0.1, -0.05) is 19.9 Å². The van der Waals surface area contributed by atoms with Crippen LogP contribution in [0.5, 0.6) is 0 Å². The first-order chi connectivity index (χ1) is 8.47. The van der Waals surface area contributed by atoms with Gasteiger partial charge in [-0.15, -0.1) is 0 Å². The molecule has 5 heteroatoms. The molecule has 100 valence electrons. The van der Waals surface area contributed by atoms with Gasteiger partial charge in [0, 0.05) is 5.56 Å². The van der Waals surface area contributed by atoms with Gasteiger partial charge in [-0.25, -0.2) is 13.6 Å². The predicted octanol–water partition coefficient (Wildman–Crippen LogP) is 2.68. The van der Waals surface area contributed by atoms with Crippen LogP contribution < -0.4 is 0 Å². The van der Waals surface area contributed by atoms with E-state index in [9.17, 15) is 13.6 Å². The molecule has 18 heavy (non-hydrogen) atoms. The van der Waals surface area contributed by atoms with Gasteiger partial charge in [0.2, 0.25) is 0 Å². The monoisotopic (exact) mass is 258 g/mol. The predicted molar refractivity (Wildman–Crippen MR) is 61.8 cm³/mol. The fourth-order valence-corrected chi connectivity index (χ4v) is 1.49. The van der Waals surface area contributed by atoms with Crippen LogP contribution in [0.4, 0.5) is 8.78 Å². The largest absolute Gasteiger partial charge is 0.467 e. The molecule has 0 aliphatic heterocycles. The third kappa shape index (κ3) is 3.50. The number of methoxy groups -OCH3 is 1. The average Bonchev–Trinajstić information content (AvgIpc) is 2.31. The second kappa shape index (κ2) is 6.44. The number of ether oxygens (including phenoxy) is 2. The Bertz CT molecular complexity index is 398. The molecule has 0 bridgehead atoms. The third-order valence-electron chi connectivity index (χ3n) is 2.51. The maximum Gasteiger partial charge on any atom is 0.335 e. The average molecular weight is 258 g/mol. The van der Waals surface area contributed by atoms with Gasteiger partial charge < -0.3 is 9.47 Å². The minimum atomic E-state index is -0.839. The number of carbonyl (C=O) groups is 1.